The molecule has 14 heavy (non-hydrogen) atoms. The van der Waals surface area contributed by atoms with Gasteiger partial charge >= 0.3 is 5.97 Å². The van der Waals surface area contributed by atoms with Gasteiger partial charge in [-0.1, -0.05) is 12.2 Å². The molecule has 0 radical (unpaired) electrons. The van der Waals surface area contributed by atoms with Crippen molar-refractivity contribution in [2.75, 3.05) is 6.61 Å². The van der Waals surface area contributed by atoms with E-state index in [9.17, 15) is 9.90 Å². The summed E-state index contributed by atoms with van der Waals surface area (Å²) in [4.78, 5) is 11.0. The van der Waals surface area contributed by atoms with Gasteiger partial charge in [0, 0.05) is 11.1 Å². The maximum atomic E-state index is 11.0. The Morgan fingerprint density at radius 1 is 1.64 bits per heavy atom. The van der Waals surface area contributed by atoms with Crippen LogP contribution in [0.5, 0.6) is 0 Å². The molecule has 0 bridgehead atoms. The number of esters is 1. The molecule has 0 amide bonds. The fraction of sp³-hybridized carbons (Fsp3) is 0.545. The summed E-state index contributed by atoms with van der Waals surface area (Å²) in [5, 5.41) is 9.74. The Bertz CT molecular complexity index is 276. The molecule has 0 unspecified atom stereocenters. The SMILES string of the molecule is C/C=C/CC[C@@H](O)C1=C(C)C(=O)OC1. The van der Waals surface area contributed by atoms with Gasteiger partial charge in [0.2, 0.25) is 0 Å². The van der Waals surface area contributed by atoms with Crippen molar-refractivity contribution in [2.45, 2.75) is 32.8 Å². The molecule has 78 valence electrons. The lowest BCUT2D eigenvalue weighted by atomic mass is 10.0. The molecule has 1 N–H and O–H groups in total. The van der Waals surface area contributed by atoms with Crippen molar-refractivity contribution in [3.05, 3.63) is 23.3 Å². The number of allylic oxidation sites excluding steroid dienone is 2. The minimum atomic E-state index is -0.544. The molecule has 0 aromatic rings. The van der Waals surface area contributed by atoms with Gasteiger partial charge in [-0.05, 0) is 26.7 Å². The Kier molecular flexibility index (Phi) is 3.89. The Balaban J connectivity index is 2.52. The highest BCUT2D eigenvalue weighted by Crippen LogP contribution is 2.21. The molecule has 1 aliphatic rings. The quantitative estimate of drug-likeness (QED) is 0.548. The zero-order valence-corrected chi connectivity index (χ0v) is 8.62. The van der Waals surface area contributed by atoms with Crippen molar-refractivity contribution < 1.29 is 14.6 Å². The molecular weight excluding hydrogens is 180 g/mol. The highest BCUT2D eigenvalue weighted by molar-refractivity contribution is 5.91. The second-order valence-corrected chi connectivity index (χ2v) is 3.39. The highest BCUT2D eigenvalue weighted by atomic mass is 16.5. The molecule has 0 spiro atoms. The van der Waals surface area contributed by atoms with Crippen LogP contribution in [0.1, 0.15) is 26.7 Å². The van der Waals surface area contributed by atoms with Crippen molar-refractivity contribution in [3.63, 3.8) is 0 Å². The summed E-state index contributed by atoms with van der Waals surface area (Å²) >= 11 is 0. The molecule has 3 heteroatoms. The molecule has 1 heterocycles. The van der Waals surface area contributed by atoms with Crippen molar-refractivity contribution in [3.8, 4) is 0 Å². The van der Waals surface area contributed by atoms with E-state index >= 15 is 0 Å². The average Bonchev–Trinajstić information content (AvgIpc) is 2.48. The molecule has 0 saturated heterocycles. The number of hydrogen-bond acceptors (Lipinski definition) is 3. The number of rotatable bonds is 4. The van der Waals surface area contributed by atoms with Gasteiger partial charge in [-0.15, -0.1) is 0 Å². The lowest BCUT2D eigenvalue weighted by Crippen LogP contribution is -2.12. The minimum Gasteiger partial charge on any atom is -0.458 e. The van der Waals surface area contributed by atoms with E-state index in [4.69, 9.17) is 4.74 Å². The van der Waals surface area contributed by atoms with Crippen LogP contribution in [0.25, 0.3) is 0 Å². The first kappa shape index (κ1) is 11.0. The van der Waals surface area contributed by atoms with Crippen LogP contribution >= 0.6 is 0 Å². The number of cyclic esters (lactones) is 1. The van der Waals surface area contributed by atoms with E-state index in [0.29, 0.717) is 12.0 Å². The van der Waals surface area contributed by atoms with E-state index in [-0.39, 0.29) is 12.6 Å². The fourth-order valence-corrected chi connectivity index (χ4v) is 1.43. The second-order valence-electron chi connectivity index (χ2n) is 3.39. The largest absolute Gasteiger partial charge is 0.458 e. The van der Waals surface area contributed by atoms with Crippen molar-refractivity contribution >= 4 is 5.97 Å². The van der Waals surface area contributed by atoms with Gasteiger partial charge in [-0.2, -0.15) is 0 Å². The van der Waals surface area contributed by atoms with Crippen LogP contribution in [0.2, 0.25) is 0 Å². The average molecular weight is 196 g/mol. The number of carbonyl (C=O) groups excluding carboxylic acids is 1. The number of aliphatic hydroxyl groups excluding tert-OH is 1. The van der Waals surface area contributed by atoms with Crippen LogP contribution in [-0.4, -0.2) is 23.8 Å². The van der Waals surface area contributed by atoms with Crippen molar-refractivity contribution in [1.29, 1.82) is 0 Å². The van der Waals surface area contributed by atoms with Crippen LogP contribution in [0.3, 0.4) is 0 Å². The van der Waals surface area contributed by atoms with Crippen LogP contribution in [0.4, 0.5) is 0 Å². The number of aliphatic hydroxyl groups is 1. The summed E-state index contributed by atoms with van der Waals surface area (Å²) in [5.74, 6) is -0.301. The minimum absolute atomic E-state index is 0.252. The van der Waals surface area contributed by atoms with Crippen molar-refractivity contribution in [1.82, 2.24) is 0 Å². The predicted octanol–water partition coefficient (Wildman–Crippen LogP) is 1.58. The zero-order chi connectivity index (χ0) is 10.6. The highest BCUT2D eigenvalue weighted by Gasteiger charge is 2.25. The van der Waals surface area contributed by atoms with E-state index in [0.717, 1.165) is 12.0 Å². The van der Waals surface area contributed by atoms with E-state index in [1.54, 1.807) is 6.92 Å². The lowest BCUT2D eigenvalue weighted by Gasteiger charge is -2.09. The van der Waals surface area contributed by atoms with Gasteiger partial charge in [0.05, 0.1) is 6.10 Å². The van der Waals surface area contributed by atoms with E-state index in [1.165, 1.54) is 0 Å². The van der Waals surface area contributed by atoms with Crippen molar-refractivity contribution in [2.24, 2.45) is 0 Å². The Morgan fingerprint density at radius 2 is 2.36 bits per heavy atom. The summed E-state index contributed by atoms with van der Waals surface area (Å²) in [7, 11) is 0. The van der Waals surface area contributed by atoms with Gasteiger partial charge in [0.15, 0.2) is 0 Å². The van der Waals surface area contributed by atoms with Gasteiger partial charge in [-0.3, -0.25) is 0 Å². The first-order chi connectivity index (χ1) is 6.66. The molecule has 0 aromatic heterocycles. The molecular formula is C11H16O3. The van der Waals surface area contributed by atoms with Gasteiger partial charge < -0.3 is 9.84 Å². The second kappa shape index (κ2) is 4.96. The number of carbonyl (C=O) groups is 1. The fourth-order valence-electron chi connectivity index (χ4n) is 1.43. The lowest BCUT2D eigenvalue weighted by molar-refractivity contribution is -0.135. The number of hydrogen-bond donors (Lipinski definition) is 1. The van der Waals surface area contributed by atoms with Crippen LogP contribution in [0.15, 0.2) is 23.3 Å². The molecule has 0 fully saturated rings. The molecule has 1 rings (SSSR count). The van der Waals surface area contributed by atoms with Crippen LogP contribution in [-0.2, 0) is 9.53 Å². The Labute approximate surface area is 84.1 Å². The summed E-state index contributed by atoms with van der Waals surface area (Å²) in [6.07, 6.45) is 4.87. The van der Waals surface area contributed by atoms with E-state index < -0.39 is 6.10 Å². The summed E-state index contributed by atoms with van der Waals surface area (Å²) < 4.78 is 4.81. The molecule has 0 saturated carbocycles. The predicted molar refractivity (Wildman–Crippen MR) is 53.7 cm³/mol. The standard InChI is InChI=1S/C11H16O3/c1-3-4-5-6-10(12)9-7-14-11(13)8(9)2/h3-4,10,12H,5-7H2,1-2H3/b4-3+/t10-/m1/s1. The summed E-state index contributed by atoms with van der Waals surface area (Å²) in [6.45, 7) is 3.89. The van der Waals surface area contributed by atoms with Gasteiger partial charge in [0.25, 0.3) is 0 Å². The molecule has 1 atom stereocenters. The normalized spacial score (nSPS) is 19.2. The summed E-state index contributed by atoms with van der Waals surface area (Å²) in [6, 6.07) is 0. The van der Waals surface area contributed by atoms with Gasteiger partial charge in [0.1, 0.15) is 6.61 Å². The molecule has 0 aromatic carbocycles. The van der Waals surface area contributed by atoms with Crippen LogP contribution in [0, 0.1) is 0 Å². The van der Waals surface area contributed by atoms with E-state index in [1.807, 2.05) is 19.1 Å². The Hall–Kier alpha value is -1.09. The third kappa shape index (κ3) is 2.45. The smallest absolute Gasteiger partial charge is 0.334 e. The van der Waals surface area contributed by atoms with Crippen LogP contribution < -0.4 is 0 Å². The molecule has 1 aliphatic heterocycles. The maximum Gasteiger partial charge on any atom is 0.334 e. The van der Waals surface area contributed by atoms with Gasteiger partial charge in [-0.25, -0.2) is 4.79 Å². The first-order valence-corrected chi connectivity index (χ1v) is 4.82. The number of ether oxygens (including phenoxy) is 1. The summed E-state index contributed by atoms with van der Waals surface area (Å²) in [5.41, 5.74) is 1.30. The zero-order valence-electron chi connectivity index (χ0n) is 8.62. The van der Waals surface area contributed by atoms with E-state index in [2.05, 4.69) is 0 Å². The Morgan fingerprint density at radius 3 is 2.86 bits per heavy atom. The topological polar surface area (TPSA) is 46.5 Å². The third-order valence-electron chi connectivity index (χ3n) is 2.39. The molecule has 3 nitrogen and oxygen atoms in total. The monoisotopic (exact) mass is 196 g/mol. The third-order valence-corrected chi connectivity index (χ3v) is 2.39. The first-order valence-electron chi connectivity index (χ1n) is 4.82. The maximum absolute atomic E-state index is 11.0. The molecule has 0 aliphatic carbocycles.